The minimum atomic E-state index is -1.18. The molecule has 5 aliphatic heterocycles. The molecule has 20 heteroatoms. The Morgan fingerprint density at radius 1 is 0.457 bits per heavy atom. The van der Waals surface area contributed by atoms with Crippen molar-refractivity contribution < 1.29 is 97.8 Å². The number of fused-ring (bicyclic) bond motifs is 4. The number of hydrogen-bond acceptors (Lipinski definition) is 20. The number of carbonyl (C=O) groups excluding carboxylic acids is 2. The van der Waals surface area contributed by atoms with Gasteiger partial charge >= 0.3 is 11.9 Å². The van der Waals surface area contributed by atoms with Crippen LogP contribution in [0, 0.1) is 47.3 Å². The first-order valence-electron chi connectivity index (χ1n) is 35.7. The van der Waals surface area contributed by atoms with Crippen molar-refractivity contribution >= 4 is 11.9 Å². The number of aliphatic hydroxyl groups is 8. The van der Waals surface area contributed by atoms with Crippen LogP contribution < -0.4 is 0 Å². The van der Waals surface area contributed by atoms with E-state index in [0.29, 0.717) is 51.4 Å². The van der Waals surface area contributed by atoms with Crippen LogP contribution in [0.2, 0.25) is 0 Å². The number of carbonyl (C=O) groups is 2. The van der Waals surface area contributed by atoms with Gasteiger partial charge in [0.1, 0.15) is 12.2 Å². The van der Waals surface area contributed by atoms with Crippen LogP contribution in [0.15, 0.2) is 47.6 Å². The average Bonchev–Trinajstić information content (AvgIpc) is 0.882. The third kappa shape index (κ3) is 25.5. The quantitative estimate of drug-likeness (QED) is 0.0528. The second-order valence-corrected chi connectivity index (χ2v) is 29.5. The lowest BCUT2D eigenvalue weighted by atomic mass is 9.78. The minimum absolute atomic E-state index is 0.0361. The summed E-state index contributed by atoms with van der Waals surface area (Å²) in [5.74, 6) is -5.62. The van der Waals surface area contributed by atoms with Crippen molar-refractivity contribution in [3.63, 3.8) is 0 Å². The number of methoxy groups -OCH3 is 4. The van der Waals surface area contributed by atoms with Crippen molar-refractivity contribution in [2.24, 2.45) is 47.3 Å². The van der Waals surface area contributed by atoms with E-state index < -0.39 is 133 Å². The summed E-state index contributed by atoms with van der Waals surface area (Å²) < 4.78 is 61.5. The fraction of sp³-hybridized carbons (Fsp3) is 0.865. The Kier molecular flexibility index (Phi) is 35.3. The van der Waals surface area contributed by atoms with Gasteiger partial charge in [-0.1, -0.05) is 91.8 Å². The average molecular weight is 1340 g/mol. The van der Waals surface area contributed by atoms with Crippen LogP contribution in [0.1, 0.15) is 199 Å². The van der Waals surface area contributed by atoms with Crippen LogP contribution in [0.5, 0.6) is 0 Å². The number of rotatable bonds is 16. The maximum atomic E-state index is 14.2. The molecule has 0 amide bonds. The van der Waals surface area contributed by atoms with Gasteiger partial charge in [-0.2, -0.15) is 0 Å². The molecule has 0 aromatic rings. The molecule has 30 unspecified atom stereocenters. The number of ether oxygens (including phenoxy) is 10. The zero-order valence-corrected chi connectivity index (χ0v) is 60.0. The van der Waals surface area contributed by atoms with E-state index in [1.54, 1.807) is 68.3 Å². The fourth-order valence-electron chi connectivity index (χ4n) is 15.0. The maximum absolute atomic E-state index is 14.2. The van der Waals surface area contributed by atoms with Crippen LogP contribution in [0.25, 0.3) is 0 Å². The number of esters is 2. The molecule has 0 spiro atoms. The Hall–Kier alpha value is -2.74. The number of cyclic esters (lactones) is 2. The molecule has 0 aromatic heterocycles. The normalized spacial score (nSPS) is 41.4. The Balaban J connectivity index is 1.38. The number of aliphatic hydroxyl groups excluding tert-OH is 8. The Bertz CT molecular complexity index is 2160. The summed E-state index contributed by atoms with van der Waals surface area (Å²) in [7, 11) is 6.56. The molecule has 30 atom stereocenters. The molecule has 94 heavy (non-hydrogen) atoms. The molecule has 0 aromatic carbocycles. The minimum Gasteiger partial charge on any atom is -0.458 e. The third-order valence-corrected chi connectivity index (χ3v) is 21.9. The van der Waals surface area contributed by atoms with Crippen molar-refractivity contribution in [3.8, 4) is 0 Å². The van der Waals surface area contributed by atoms with E-state index in [2.05, 4.69) is 0 Å². The van der Waals surface area contributed by atoms with Gasteiger partial charge in [-0.05, 0) is 129 Å². The lowest BCUT2D eigenvalue weighted by molar-refractivity contribution is -0.160. The Morgan fingerprint density at radius 2 is 0.809 bits per heavy atom. The summed E-state index contributed by atoms with van der Waals surface area (Å²) in [5, 5.41) is 94.8. The SMILES string of the molecule is COC1CC(C)OC(CCC(C)C(O)C(C)C2OC(=O)/C(C)=C/CC(O)CC3C=CCC(CC(OC)C(C)C(O)CC(O)C(C)C(C(C)C(O)C(C)CCC4CC(OC)CC(C)O4)OC(=O)/C(C)=C/CC(O)CC4C=CCC(CC(OC)C(C)C(O)CC(O)C2C)O4)O3)C1. The van der Waals surface area contributed by atoms with Gasteiger partial charge in [0.15, 0.2) is 0 Å². The van der Waals surface area contributed by atoms with Crippen LogP contribution in [-0.2, 0) is 57.0 Å². The van der Waals surface area contributed by atoms with Crippen LogP contribution in [-0.4, -0.2) is 216 Å². The summed E-state index contributed by atoms with van der Waals surface area (Å²) in [6, 6.07) is 0. The molecule has 2 fully saturated rings. The van der Waals surface area contributed by atoms with E-state index >= 15 is 0 Å². The predicted molar refractivity (Wildman–Crippen MR) is 359 cm³/mol. The molecule has 0 aliphatic carbocycles. The zero-order chi connectivity index (χ0) is 69.7. The molecule has 4 bridgehead atoms. The van der Waals surface area contributed by atoms with Gasteiger partial charge in [-0.3, -0.25) is 0 Å². The zero-order valence-electron chi connectivity index (χ0n) is 60.0. The van der Waals surface area contributed by atoms with Crippen LogP contribution in [0.4, 0.5) is 0 Å². The van der Waals surface area contributed by atoms with E-state index in [9.17, 15) is 50.4 Å². The van der Waals surface area contributed by atoms with Gasteiger partial charge in [0, 0.05) is 101 Å². The van der Waals surface area contributed by atoms with Gasteiger partial charge in [0.25, 0.3) is 0 Å². The fourth-order valence-corrected chi connectivity index (χ4v) is 15.0. The summed E-state index contributed by atoms with van der Waals surface area (Å²) in [6.07, 6.45) is 6.49. The molecule has 5 rings (SSSR count). The van der Waals surface area contributed by atoms with E-state index in [1.807, 2.05) is 79.7 Å². The van der Waals surface area contributed by atoms with E-state index in [4.69, 9.17) is 47.4 Å². The van der Waals surface area contributed by atoms with Crippen molar-refractivity contribution in [2.75, 3.05) is 28.4 Å². The molecule has 20 nitrogen and oxygen atoms in total. The number of hydrogen-bond donors (Lipinski definition) is 8. The summed E-state index contributed by atoms with van der Waals surface area (Å²) in [4.78, 5) is 28.4. The summed E-state index contributed by atoms with van der Waals surface area (Å²) in [6.45, 7) is 22.1. The van der Waals surface area contributed by atoms with Crippen LogP contribution >= 0.6 is 0 Å². The first kappa shape index (κ1) is 81.9. The van der Waals surface area contributed by atoms with Gasteiger partial charge in [-0.25, -0.2) is 9.59 Å². The van der Waals surface area contributed by atoms with Gasteiger partial charge in [0.2, 0.25) is 0 Å². The largest absolute Gasteiger partial charge is 0.458 e. The first-order chi connectivity index (χ1) is 44.5. The predicted octanol–water partition coefficient (Wildman–Crippen LogP) is 9.00. The standard InChI is InChI=1S/C74H128O20/c1-41(25-29-59-35-61(85-13)31-45(5)89-59)69(81)51(11)71-49(9)65(79)39-63(77)47(7)67(87-15)37-57-21-18-20-56(92-57)34-54(76)28-24-44(4)74(84)94-72(52(12)70(82)42(2)26-30-60-36-62(86-14)32-46(6)90-60)50(10)66(80)40-64(78)48(8)68(88-16)38-58-22-17-19-55(91-58)33-53(75)27-23-43(3)73(83)93-71/h17-20,23-24,41-42,45-72,75-82H,21-22,25-40H2,1-16H3/b43-23+,44-24+. The molecule has 0 saturated carbocycles. The lowest BCUT2D eigenvalue weighted by Gasteiger charge is -2.38. The van der Waals surface area contributed by atoms with Gasteiger partial charge in [0.05, 0.1) is 122 Å². The van der Waals surface area contributed by atoms with Gasteiger partial charge in [-0.15, -0.1) is 0 Å². The Morgan fingerprint density at radius 3 is 1.15 bits per heavy atom. The molecule has 2 saturated heterocycles. The third-order valence-electron chi connectivity index (χ3n) is 21.9. The highest BCUT2D eigenvalue weighted by molar-refractivity contribution is 5.88. The van der Waals surface area contributed by atoms with Crippen LogP contribution in [0.3, 0.4) is 0 Å². The monoisotopic (exact) mass is 1340 g/mol. The van der Waals surface area contributed by atoms with E-state index in [-0.39, 0.29) is 110 Å². The first-order valence-corrected chi connectivity index (χ1v) is 35.7. The topological polar surface area (TPSA) is 288 Å². The summed E-state index contributed by atoms with van der Waals surface area (Å²) in [5.41, 5.74) is 0.470. The molecule has 5 heterocycles. The molecule has 5 aliphatic rings. The molecular formula is C74H128O20. The van der Waals surface area contributed by atoms with E-state index in [0.717, 1.165) is 25.7 Å². The molecule has 8 N–H and O–H groups in total. The van der Waals surface area contributed by atoms with Crippen molar-refractivity contribution in [1.29, 1.82) is 0 Å². The highest BCUT2D eigenvalue weighted by atomic mass is 16.6. The smallest absolute Gasteiger partial charge is 0.333 e. The van der Waals surface area contributed by atoms with E-state index in [1.165, 1.54) is 0 Å². The Labute approximate surface area is 563 Å². The molecular weight excluding hydrogens is 1210 g/mol. The molecule has 544 valence electrons. The second-order valence-electron chi connectivity index (χ2n) is 29.5. The van der Waals surface area contributed by atoms with Crippen molar-refractivity contribution in [3.05, 3.63) is 47.6 Å². The van der Waals surface area contributed by atoms with Crippen molar-refractivity contribution in [2.45, 2.75) is 333 Å². The maximum Gasteiger partial charge on any atom is 0.333 e. The van der Waals surface area contributed by atoms with Crippen molar-refractivity contribution in [1.82, 2.24) is 0 Å². The van der Waals surface area contributed by atoms with Gasteiger partial charge < -0.3 is 88.2 Å². The highest BCUT2D eigenvalue weighted by Crippen LogP contribution is 2.37. The lowest BCUT2D eigenvalue weighted by Crippen LogP contribution is -2.46. The molecule has 0 radical (unpaired) electrons. The second kappa shape index (κ2) is 40.5. The summed E-state index contributed by atoms with van der Waals surface area (Å²) >= 11 is 0. The highest BCUT2D eigenvalue weighted by Gasteiger charge is 2.43.